The quantitative estimate of drug-likeness (QED) is 0.683. The average molecular weight is 210 g/mol. The molecule has 1 aliphatic carbocycles. The molecule has 15 heavy (non-hydrogen) atoms. The van der Waals surface area contributed by atoms with Gasteiger partial charge in [-0.15, -0.1) is 6.58 Å². The van der Waals surface area contributed by atoms with Crippen LogP contribution in [0.2, 0.25) is 0 Å². The summed E-state index contributed by atoms with van der Waals surface area (Å²) in [6, 6.07) is 0.261. The van der Waals surface area contributed by atoms with E-state index >= 15 is 0 Å². The molecule has 2 heteroatoms. The van der Waals surface area contributed by atoms with Gasteiger partial charge in [-0.2, -0.15) is 0 Å². The molecule has 1 rings (SSSR count). The van der Waals surface area contributed by atoms with E-state index in [4.69, 9.17) is 5.73 Å². The molecule has 2 nitrogen and oxygen atoms in total. The standard InChI is InChI=1S/C13H26N2/c1-4-9-12(14)13(10-7-8-11-13)15(5-2)6-3/h4,12H,1,5-11,14H2,2-3H3. The smallest absolute Gasteiger partial charge is 0.0363 e. The van der Waals surface area contributed by atoms with Gasteiger partial charge in [0.15, 0.2) is 0 Å². The number of rotatable bonds is 6. The maximum atomic E-state index is 6.36. The average Bonchev–Trinajstić information content (AvgIpc) is 2.70. The number of nitrogens with two attached hydrogens (primary N) is 1. The van der Waals surface area contributed by atoms with E-state index in [9.17, 15) is 0 Å². The second-order valence-electron chi connectivity index (χ2n) is 4.61. The van der Waals surface area contributed by atoms with E-state index in [1.165, 1.54) is 25.7 Å². The molecule has 0 heterocycles. The van der Waals surface area contributed by atoms with Crippen LogP contribution in [0.25, 0.3) is 0 Å². The molecule has 1 fully saturated rings. The van der Waals surface area contributed by atoms with E-state index in [1.807, 2.05) is 6.08 Å². The third-order valence-electron chi connectivity index (χ3n) is 3.97. The van der Waals surface area contributed by atoms with Gasteiger partial charge in [-0.25, -0.2) is 0 Å². The van der Waals surface area contributed by atoms with Crippen molar-refractivity contribution in [3.05, 3.63) is 12.7 Å². The molecule has 1 unspecified atom stereocenters. The summed E-state index contributed by atoms with van der Waals surface area (Å²) >= 11 is 0. The molecule has 0 radical (unpaired) electrons. The summed E-state index contributed by atoms with van der Waals surface area (Å²) in [5.41, 5.74) is 6.63. The van der Waals surface area contributed by atoms with Gasteiger partial charge in [0.1, 0.15) is 0 Å². The maximum Gasteiger partial charge on any atom is 0.0363 e. The summed E-state index contributed by atoms with van der Waals surface area (Å²) in [5.74, 6) is 0. The number of hydrogen-bond acceptors (Lipinski definition) is 2. The molecule has 0 saturated heterocycles. The van der Waals surface area contributed by atoms with Crippen LogP contribution in [0.3, 0.4) is 0 Å². The Morgan fingerprint density at radius 1 is 1.33 bits per heavy atom. The van der Waals surface area contributed by atoms with E-state index in [0.29, 0.717) is 0 Å². The summed E-state index contributed by atoms with van der Waals surface area (Å²) < 4.78 is 0. The van der Waals surface area contributed by atoms with E-state index in [2.05, 4.69) is 25.3 Å². The topological polar surface area (TPSA) is 29.3 Å². The Bertz CT molecular complexity index is 191. The van der Waals surface area contributed by atoms with Gasteiger partial charge in [-0.3, -0.25) is 4.90 Å². The zero-order chi connectivity index (χ0) is 11.3. The minimum Gasteiger partial charge on any atom is -0.326 e. The van der Waals surface area contributed by atoms with Gasteiger partial charge in [0.2, 0.25) is 0 Å². The summed E-state index contributed by atoms with van der Waals surface area (Å²) in [4.78, 5) is 2.56. The van der Waals surface area contributed by atoms with Crippen molar-refractivity contribution in [2.24, 2.45) is 5.73 Å². The highest BCUT2D eigenvalue weighted by atomic mass is 15.2. The molecule has 1 aliphatic rings. The predicted molar refractivity (Wildman–Crippen MR) is 66.9 cm³/mol. The van der Waals surface area contributed by atoms with Crippen LogP contribution in [-0.2, 0) is 0 Å². The Hall–Kier alpha value is -0.340. The molecule has 88 valence electrons. The van der Waals surface area contributed by atoms with Crippen molar-refractivity contribution in [1.29, 1.82) is 0 Å². The van der Waals surface area contributed by atoms with Gasteiger partial charge in [-0.05, 0) is 32.4 Å². The van der Waals surface area contributed by atoms with Crippen LogP contribution in [0, 0.1) is 0 Å². The van der Waals surface area contributed by atoms with Crippen LogP contribution in [-0.4, -0.2) is 29.6 Å². The third-order valence-corrected chi connectivity index (χ3v) is 3.97. The Morgan fingerprint density at radius 3 is 2.27 bits per heavy atom. The Kier molecular flexibility index (Phi) is 4.81. The lowest BCUT2D eigenvalue weighted by Crippen LogP contribution is -2.58. The first-order valence-electron chi connectivity index (χ1n) is 6.32. The van der Waals surface area contributed by atoms with Crippen molar-refractivity contribution in [3.63, 3.8) is 0 Å². The fourth-order valence-corrected chi connectivity index (χ4v) is 3.16. The van der Waals surface area contributed by atoms with E-state index < -0.39 is 0 Å². The first kappa shape index (κ1) is 12.7. The SMILES string of the molecule is C=CCC(N)C1(N(CC)CC)CCCC1. The summed E-state index contributed by atoms with van der Waals surface area (Å²) in [7, 11) is 0. The number of nitrogens with zero attached hydrogens (tertiary/aromatic N) is 1. The second-order valence-corrected chi connectivity index (χ2v) is 4.61. The maximum absolute atomic E-state index is 6.36. The highest BCUT2D eigenvalue weighted by Gasteiger charge is 2.42. The predicted octanol–water partition coefficient (Wildman–Crippen LogP) is 2.54. The van der Waals surface area contributed by atoms with Crippen LogP contribution in [0.1, 0.15) is 46.0 Å². The largest absolute Gasteiger partial charge is 0.326 e. The van der Waals surface area contributed by atoms with Gasteiger partial charge in [0.05, 0.1) is 0 Å². The van der Waals surface area contributed by atoms with Crippen LogP contribution in [0.4, 0.5) is 0 Å². The van der Waals surface area contributed by atoms with Crippen molar-refractivity contribution >= 4 is 0 Å². The van der Waals surface area contributed by atoms with Crippen molar-refractivity contribution in [3.8, 4) is 0 Å². The fraction of sp³-hybridized carbons (Fsp3) is 0.846. The number of hydrogen-bond donors (Lipinski definition) is 1. The lowest BCUT2D eigenvalue weighted by Gasteiger charge is -2.44. The minimum atomic E-state index is 0.261. The van der Waals surface area contributed by atoms with E-state index in [-0.39, 0.29) is 11.6 Å². The third kappa shape index (κ3) is 2.43. The van der Waals surface area contributed by atoms with Gasteiger partial charge in [-0.1, -0.05) is 32.8 Å². The van der Waals surface area contributed by atoms with Gasteiger partial charge < -0.3 is 5.73 Å². The monoisotopic (exact) mass is 210 g/mol. The van der Waals surface area contributed by atoms with Crippen LogP contribution in [0.15, 0.2) is 12.7 Å². The molecule has 0 amide bonds. The zero-order valence-corrected chi connectivity index (χ0v) is 10.3. The molecule has 0 spiro atoms. The summed E-state index contributed by atoms with van der Waals surface area (Å²) in [5, 5.41) is 0. The van der Waals surface area contributed by atoms with Crippen LogP contribution >= 0.6 is 0 Å². The molecule has 1 atom stereocenters. The molecule has 0 aromatic heterocycles. The van der Waals surface area contributed by atoms with Gasteiger partial charge in [0, 0.05) is 11.6 Å². The second kappa shape index (κ2) is 5.66. The molecular weight excluding hydrogens is 184 g/mol. The molecule has 1 saturated carbocycles. The van der Waals surface area contributed by atoms with Crippen molar-refractivity contribution in [2.45, 2.75) is 57.5 Å². The van der Waals surface area contributed by atoms with Gasteiger partial charge in [0.25, 0.3) is 0 Å². The first-order chi connectivity index (χ1) is 7.21. The van der Waals surface area contributed by atoms with Gasteiger partial charge >= 0.3 is 0 Å². The zero-order valence-electron chi connectivity index (χ0n) is 10.3. The Morgan fingerprint density at radius 2 is 1.87 bits per heavy atom. The lowest BCUT2D eigenvalue weighted by atomic mass is 9.84. The molecule has 0 aliphatic heterocycles. The normalized spacial score (nSPS) is 21.9. The summed E-state index contributed by atoms with van der Waals surface area (Å²) in [6.45, 7) is 10.5. The van der Waals surface area contributed by atoms with Crippen molar-refractivity contribution in [1.82, 2.24) is 4.90 Å². The Labute approximate surface area is 94.5 Å². The fourth-order valence-electron chi connectivity index (χ4n) is 3.16. The summed E-state index contributed by atoms with van der Waals surface area (Å²) in [6.07, 6.45) is 8.11. The highest BCUT2D eigenvalue weighted by molar-refractivity contribution is 5.03. The lowest BCUT2D eigenvalue weighted by molar-refractivity contribution is 0.0781. The molecule has 2 N–H and O–H groups in total. The number of likely N-dealkylation sites (N-methyl/N-ethyl adjacent to an activating group) is 1. The van der Waals surface area contributed by atoms with Crippen LogP contribution < -0.4 is 5.73 Å². The van der Waals surface area contributed by atoms with Crippen molar-refractivity contribution in [2.75, 3.05) is 13.1 Å². The molecule has 0 aromatic carbocycles. The van der Waals surface area contributed by atoms with Crippen molar-refractivity contribution < 1.29 is 0 Å². The first-order valence-corrected chi connectivity index (χ1v) is 6.32. The van der Waals surface area contributed by atoms with Crippen LogP contribution in [0.5, 0.6) is 0 Å². The molecule has 0 bridgehead atoms. The minimum absolute atomic E-state index is 0.261. The molecular formula is C13H26N2. The highest BCUT2D eigenvalue weighted by Crippen LogP contribution is 2.38. The van der Waals surface area contributed by atoms with E-state index in [0.717, 1.165) is 19.5 Å². The van der Waals surface area contributed by atoms with E-state index in [1.54, 1.807) is 0 Å². The Balaban J connectivity index is 2.80. The molecule has 0 aromatic rings.